The number of hydrogen-bond donors (Lipinski definition) is 2. The molecule has 9 nitrogen and oxygen atoms in total. The lowest BCUT2D eigenvalue weighted by atomic mass is 10.3. The molecule has 24 heavy (non-hydrogen) atoms. The molecule has 0 aromatic carbocycles. The second-order valence-corrected chi connectivity index (χ2v) is 5.12. The number of aromatic nitrogens is 6. The van der Waals surface area contributed by atoms with Crippen LogP contribution in [0.15, 0.2) is 18.6 Å². The van der Waals surface area contributed by atoms with E-state index >= 15 is 0 Å². The Balaban J connectivity index is 2.07. The second-order valence-electron chi connectivity index (χ2n) is 4.78. The van der Waals surface area contributed by atoms with Crippen molar-refractivity contribution in [2.24, 2.45) is 0 Å². The summed E-state index contributed by atoms with van der Waals surface area (Å²) in [5, 5.41) is 17.1. The maximum atomic E-state index is 9.54. The molecule has 0 atom stereocenters. The van der Waals surface area contributed by atoms with Crippen LogP contribution in [0.2, 0.25) is 5.28 Å². The Morgan fingerprint density at radius 2 is 2.25 bits per heavy atom. The highest BCUT2D eigenvalue weighted by Gasteiger charge is 2.18. The lowest BCUT2D eigenvalue weighted by Gasteiger charge is -2.09. The van der Waals surface area contributed by atoms with Crippen LogP contribution in [0.25, 0.3) is 11.0 Å². The van der Waals surface area contributed by atoms with Crippen LogP contribution in [-0.2, 0) is 17.9 Å². The van der Waals surface area contributed by atoms with Gasteiger partial charge in [-0.25, -0.2) is 15.0 Å². The van der Waals surface area contributed by atoms with Crippen molar-refractivity contribution in [3.63, 3.8) is 0 Å². The van der Waals surface area contributed by atoms with Gasteiger partial charge in [0, 0.05) is 12.8 Å². The molecule has 2 N–H and O–H groups in total. The first-order valence-electron chi connectivity index (χ1n) is 7.37. The van der Waals surface area contributed by atoms with Crippen molar-refractivity contribution in [3.8, 4) is 0 Å². The smallest absolute Gasteiger partial charge is 0.225 e. The molecule has 0 saturated carbocycles. The Labute approximate surface area is 142 Å². The number of ether oxygens (including phenoxy) is 1. The van der Waals surface area contributed by atoms with Gasteiger partial charge in [-0.05, 0) is 24.6 Å². The van der Waals surface area contributed by atoms with Crippen LogP contribution in [0.4, 0.5) is 11.6 Å². The zero-order valence-electron chi connectivity index (χ0n) is 13.0. The summed E-state index contributed by atoms with van der Waals surface area (Å²) < 4.78 is 7.07. The quantitative estimate of drug-likeness (QED) is 0.488. The molecule has 0 spiro atoms. The number of anilines is 2. The molecular weight excluding hydrogens is 334 g/mol. The number of aliphatic hydroxyl groups excluding tert-OH is 1. The number of fused-ring (bicyclic) bond motifs is 1. The van der Waals surface area contributed by atoms with E-state index in [1.807, 2.05) is 6.92 Å². The summed E-state index contributed by atoms with van der Waals surface area (Å²) >= 11 is 6.02. The van der Waals surface area contributed by atoms with Crippen molar-refractivity contribution in [2.75, 3.05) is 18.5 Å². The van der Waals surface area contributed by atoms with E-state index in [4.69, 9.17) is 16.3 Å². The van der Waals surface area contributed by atoms with E-state index in [-0.39, 0.29) is 11.9 Å². The molecule has 126 valence electrons. The van der Waals surface area contributed by atoms with E-state index in [0.717, 1.165) is 0 Å². The molecule has 3 rings (SSSR count). The molecule has 0 aliphatic heterocycles. The summed E-state index contributed by atoms with van der Waals surface area (Å²) in [5.41, 5.74) is 1.55. The summed E-state index contributed by atoms with van der Waals surface area (Å²) in [5.74, 6) is 1.01. The number of nitrogens with zero attached hydrogens (tertiary/aromatic N) is 6. The van der Waals surface area contributed by atoms with Crippen LogP contribution in [-0.4, -0.2) is 48.0 Å². The van der Waals surface area contributed by atoms with Crippen molar-refractivity contribution in [1.29, 1.82) is 0 Å². The van der Waals surface area contributed by atoms with Gasteiger partial charge in [0.1, 0.15) is 28.9 Å². The molecule has 3 aromatic heterocycles. The van der Waals surface area contributed by atoms with Gasteiger partial charge < -0.3 is 15.2 Å². The van der Waals surface area contributed by atoms with Crippen LogP contribution < -0.4 is 5.32 Å². The van der Waals surface area contributed by atoms with Gasteiger partial charge in [-0.15, -0.1) is 0 Å². The Morgan fingerprint density at radius 1 is 1.38 bits per heavy atom. The van der Waals surface area contributed by atoms with Gasteiger partial charge in [0.05, 0.1) is 19.8 Å². The first-order valence-corrected chi connectivity index (χ1v) is 7.75. The predicted molar refractivity (Wildman–Crippen MR) is 88.1 cm³/mol. The fourth-order valence-electron chi connectivity index (χ4n) is 2.25. The van der Waals surface area contributed by atoms with Crippen LogP contribution >= 0.6 is 11.6 Å². The maximum absolute atomic E-state index is 9.54. The number of rotatable bonds is 7. The molecule has 0 radical (unpaired) electrons. The molecule has 0 saturated heterocycles. The average Bonchev–Trinajstić information content (AvgIpc) is 2.94. The van der Waals surface area contributed by atoms with Crippen molar-refractivity contribution in [1.82, 2.24) is 29.7 Å². The second kappa shape index (κ2) is 7.47. The Bertz CT molecular complexity index is 825. The van der Waals surface area contributed by atoms with Gasteiger partial charge >= 0.3 is 0 Å². The molecule has 0 amide bonds. The monoisotopic (exact) mass is 349 g/mol. The number of nitrogens with one attached hydrogen (secondary N) is 1. The minimum atomic E-state index is -0.252. The third kappa shape index (κ3) is 3.42. The minimum absolute atomic E-state index is 0.0538. The largest absolute Gasteiger partial charge is 0.390 e. The first kappa shape index (κ1) is 16.5. The molecule has 0 bridgehead atoms. The number of halogens is 1. The van der Waals surface area contributed by atoms with E-state index in [9.17, 15) is 5.11 Å². The van der Waals surface area contributed by atoms with Gasteiger partial charge in [0.2, 0.25) is 5.28 Å². The highest BCUT2D eigenvalue weighted by molar-refractivity contribution is 6.28. The molecule has 0 fully saturated rings. The molecular formula is C14H16ClN7O2. The molecule has 10 heteroatoms. The standard InChI is InChI=1S/C14H16ClN7O2/c1-2-24-6-5-22-12-11(9(7-23)21-22)19-14(15)20-13(12)18-10-3-4-16-8-17-10/h3-4,8,23H,2,5-7H2,1H3,(H,16,17,18,19,20). The number of aliphatic hydroxyl groups is 1. The van der Waals surface area contributed by atoms with Crippen molar-refractivity contribution < 1.29 is 9.84 Å². The Kier molecular flexibility index (Phi) is 5.14. The van der Waals surface area contributed by atoms with E-state index in [1.54, 1.807) is 16.9 Å². The van der Waals surface area contributed by atoms with Crippen molar-refractivity contribution in [3.05, 3.63) is 29.6 Å². The maximum Gasteiger partial charge on any atom is 0.225 e. The van der Waals surface area contributed by atoms with Gasteiger partial charge in [0.15, 0.2) is 5.82 Å². The van der Waals surface area contributed by atoms with Crippen molar-refractivity contribution in [2.45, 2.75) is 20.1 Å². The summed E-state index contributed by atoms with van der Waals surface area (Å²) in [7, 11) is 0. The van der Waals surface area contributed by atoms with E-state index in [1.165, 1.54) is 6.33 Å². The molecule has 0 aliphatic carbocycles. The minimum Gasteiger partial charge on any atom is -0.390 e. The topological polar surface area (TPSA) is 111 Å². The fraction of sp³-hybridized carbons (Fsp3) is 0.357. The molecule has 0 aliphatic rings. The molecule has 0 unspecified atom stereocenters. The highest BCUT2D eigenvalue weighted by Crippen LogP contribution is 2.27. The normalized spacial score (nSPS) is 11.1. The Morgan fingerprint density at radius 3 is 2.96 bits per heavy atom. The first-order chi connectivity index (χ1) is 11.7. The lowest BCUT2D eigenvalue weighted by molar-refractivity contribution is 0.137. The average molecular weight is 350 g/mol. The zero-order chi connectivity index (χ0) is 16.9. The van der Waals surface area contributed by atoms with Crippen molar-refractivity contribution >= 4 is 34.3 Å². The summed E-state index contributed by atoms with van der Waals surface area (Å²) in [6.45, 7) is 3.26. The van der Waals surface area contributed by atoms with Gasteiger partial charge in [-0.2, -0.15) is 10.1 Å². The van der Waals surface area contributed by atoms with Crippen LogP contribution in [0.5, 0.6) is 0 Å². The van der Waals surface area contributed by atoms with E-state index in [2.05, 4.69) is 30.4 Å². The highest BCUT2D eigenvalue weighted by atomic mass is 35.5. The fourth-order valence-corrected chi connectivity index (χ4v) is 2.42. The molecule has 3 heterocycles. The Hall–Kier alpha value is -2.36. The van der Waals surface area contributed by atoms with Gasteiger partial charge in [0.25, 0.3) is 0 Å². The summed E-state index contributed by atoms with van der Waals surface area (Å²) in [6.07, 6.45) is 3.04. The summed E-state index contributed by atoms with van der Waals surface area (Å²) in [6, 6.07) is 1.70. The predicted octanol–water partition coefficient (Wildman–Crippen LogP) is 1.54. The van der Waals surface area contributed by atoms with E-state index in [0.29, 0.717) is 48.1 Å². The third-order valence-electron chi connectivity index (χ3n) is 3.26. The summed E-state index contributed by atoms with van der Waals surface area (Å²) in [4.78, 5) is 16.4. The zero-order valence-corrected chi connectivity index (χ0v) is 13.7. The van der Waals surface area contributed by atoms with Crippen LogP contribution in [0, 0.1) is 0 Å². The molecule has 3 aromatic rings. The number of hydrogen-bond acceptors (Lipinski definition) is 8. The van der Waals surface area contributed by atoms with Gasteiger partial charge in [-0.3, -0.25) is 4.68 Å². The van der Waals surface area contributed by atoms with E-state index < -0.39 is 0 Å². The van der Waals surface area contributed by atoms with Gasteiger partial charge in [-0.1, -0.05) is 0 Å². The van der Waals surface area contributed by atoms with Crippen LogP contribution in [0.3, 0.4) is 0 Å². The SMILES string of the molecule is CCOCCn1nc(CO)c2nc(Cl)nc(Nc3ccncn3)c21. The van der Waals surface area contributed by atoms with Crippen LogP contribution in [0.1, 0.15) is 12.6 Å². The third-order valence-corrected chi connectivity index (χ3v) is 3.43. The lowest BCUT2D eigenvalue weighted by Crippen LogP contribution is -2.09.